The van der Waals surface area contributed by atoms with Crippen LogP contribution in [0.3, 0.4) is 0 Å². The number of anilines is 1. The fraction of sp³-hybridized carbons (Fsp3) is 0.368. The van der Waals surface area contributed by atoms with E-state index in [0.717, 1.165) is 43.6 Å². The number of hydrogen-bond acceptors (Lipinski definition) is 4. The van der Waals surface area contributed by atoms with Crippen molar-refractivity contribution in [1.29, 1.82) is 0 Å². The maximum atomic E-state index is 12.3. The van der Waals surface area contributed by atoms with Crippen LogP contribution in [0.5, 0.6) is 0 Å². The van der Waals surface area contributed by atoms with Crippen molar-refractivity contribution in [1.82, 2.24) is 19.1 Å². The first kappa shape index (κ1) is 17.3. The third kappa shape index (κ3) is 3.68. The Labute approximate surface area is 160 Å². The molecule has 1 saturated heterocycles. The van der Waals surface area contributed by atoms with E-state index in [9.17, 15) is 4.79 Å². The molecule has 0 saturated carbocycles. The van der Waals surface area contributed by atoms with E-state index < -0.39 is 0 Å². The molecule has 0 aliphatic carbocycles. The molecule has 3 aromatic rings. The van der Waals surface area contributed by atoms with Crippen LogP contribution in [0.15, 0.2) is 57.9 Å². The largest absolute Gasteiger partial charge is 0.369 e. The quantitative estimate of drug-likeness (QED) is 0.641. The lowest BCUT2D eigenvalue weighted by molar-refractivity contribution is 0.248. The van der Waals surface area contributed by atoms with Crippen molar-refractivity contribution in [2.24, 2.45) is 0 Å². The molecule has 0 radical (unpaired) electrons. The van der Waals surface area contributed by atoms with Crippen molar-refractivity contribution in [3.8, 4) is 0 Å². The van der Waals surface area contributed by atoms with Crippen molar-refractivity contribution >= 4 is 27.3 Å². The Morgan fingerprint density at radius 3 is 2.62 bits per heavy atom. The van der Waals surface area contributed by atoms with E-state index in [1.807, 2.05) is 18.2 Å². The lowest BCUT2D eigenvalue weighted by atomic mass is 10.2. The van der Waals surface area contributed by atoms with Gasteiger partial charge in [-0.3, -0.25) is 9.30 Å². The predicted molar refractivity (Wildman–Crippen MR) is 107 cm³/mol. The van der Waals surface area contributed by atoms with Crippen LogP contribution >= 0.6 is 15.9 Å². The topological polar surface area (TPSA) is 45.8 Å². The molecule has 0 unspecified atom stereocenters. The van der Waals surface area contributed by atoms with Crippen molar-refractivity contribution in [2.45, 2.75) is 13.0 Å². The molecular weight excluding hydrogens is 394 g/mol. The second-order valence-corrected chi connectivity index (χ2v) is 7.51. The molecule has 7 heteroatoms. The summed E-state index contributed by atoms with van der Waals surface area (Å²) in [5.41, 5.74) is 1.93. The number of halogens is 1. The van der Waals surface area contributed by atoms with Crippen LogP contribution in [0.1, 0.15) is 6.42 Å². The summed E-state index contributed by atoms with van der Waals surface area (Å²) in [4.78, 5) is 17.2. The molecule has 1 fully saturated rings. The zero-order chi connectivity index (χ0) is 17.9. The number of hydrogen-bond donors (Lipinski definition) is 0. The Kier molecular flexibility index (Phi) is 5.08. The lowest BCUT2D eigenvalue weighted by Gasteiger charge is -2.36. The fourth-order valence-corrected chi connectivity index (χ4v) is 3.85. The molecule has 6 nitrogen and oxygen atoms in total. The molecule has 0 N–H and O–H groups in total. The summed E-state index contributed by atoms with van der Waals surface area (Å²) >= 11 is 3.54. The Bertz CT molecular complexity index is 942. The minimum Gasteiger partial charge on any atom is -0.369 e. The highest BCUT2D eigenvalue weighted by molar-refractivity contribution is 9.10. The molecule has 3 heterocycles. The molecule has 0 atom stereocenters. The number of benzene rings is 1. The monoisotopic (exact) mass is 415 g/mol. The molecule has 0 amide bonds. The van der Waals surface area contributed by atoms with Gasteiger partial charge in [0.2, 0.25) is 0 Å². The number of pyridine rings is 1. The Morgan fingerprint density at radius 1 is 1.00 bits per heavy atom. The highest BCUT2D eigenvalue weighted by Gasteiger charge is 2.17. The Balaban J connectivity index is 1.28. The van der Waals surface area contributed by atoms with E-state index in [1.54, 1.807) is 15.3 Å². The first-order valence-electron chi connectivity index (χ1n) is 8.98. The highest BCUT2D eigenvalue weighted by atomic mass is 79.9. The maximum absolute atomic E-state index is 12.3. The third-order valence-corrected chi connectivity index (χ3v) is 5.37. The lowest BCUT2D eigenvalue weighted by Crippen LogP contribution is -2.46. The van der Waals surface area contributed by atoms with Gasteiger partial charge in [0.05, 0.1) is 0 Å². The molecule has 26 heavy (non-hydrogen) atoms. The van der Waals surface area contributed by atoms with Crippen LogP contribution in [-0.2, 0) is 6.54 Å². The van der Waals surface area contributed by atoms with E-state index in [1.165, 1.54) is 5.69 Å². The minimum atomic E-state index is -0.0555. The average Bonchev–Trinajstić information content (AvgIpc) is 2.99. The van der Waals surface area contributed by atoms with Gasteiger partial charge in [-0.25, -0.2) is 9.48 Å². The standard InChI is InChI=1S/C19H22BrN5O/c20-16-5-3-6-17(15-16)23-13-11-22(12-14-23)8-4-10-25-19(26)24-9-2-1-7-18(24)21-25/h1-3,5-7,9,15H,4,8,10-14H2. The number of rotatable bonds is 5. The number of nitrogens with zero attached hydrogens (tertiary/aromatic N) is 5. The molecule has 136 valence electrons. The predicted octanol–water partition coefficient (Wildman–Crippen LogP) is 2.47. The normalized spacial score (nSPS) is 15.7. The number of fused-ring (bicyclic) bond motifs is 1. The molecule has 0 bridgehead atoms. The number of aryl methyl sites for hydroxylation is 1. The zero-order valence-corrected chi connectivity index (χ0v) is 16.2. The molecule has 1 aliphatic heterocycles. The molecule has 0 spiro atoms. The van der Waals surface area contributed by atoms with Crippen LogP contribution in [0.25, 0.3) is 5.65 Å². The van der Waals surface area contributed by atoms with Gasteiger partial charge in [-0.15, -0.1) is 5.10 Å². The van der Waals surface area contributed by atoms with Gasteiger partial charge < -0.3 is 4.90 Å². The van der Waals surface area contributed by atoms with Gasteiger partial charge >= 0.3 is 5.69 Å². The molecular formula is C19H22BrN5O. The van der Waals surface area contributed by atoms with Gasteiger partial charge in [-0.05, 0) is 36.8 Å². The van der Waals surface area contributed by atoms with Gasteiger partial charge in [-0.1, -0.05) is 28.1 Å². The van der Waals surface area contributed by atoms with Crippen LogP contribution < -0.4 is 10.6 Å². The second-order valence-electron chi connectivity index (χ2n) is 6.60. The van der Waals surface area contributed by atoms with Gasteiger partial charge in [0.15, 0.2) is 5.65 Å². The van der Waals surface area contributed by atoms with Crippen LogP contribution in [0.2, 0.25) is 0 Å². The number of piperazine rings is 1. The average molecular weight is 416 g/mol. The van der Waals surface area contributed by atoms with Crippen LogP contribution in [0, 0.1) is 0 Å². The van der Waals surface area contributed by atoms with Gasteiger partial charge in [0.1, 0.15) is 0 Å². The van der Waals surface area contributed by atoms with E-state index in [-0.39, 0.29) is 5.69 Å². The fourth-order valence-electron chi connectivity index (χ4n) is 3.46. The van der Waals surface area contributed by atoms with E-state index in [2.05, 4.69) is 55.1 Å². The Hall–Kier alpha value is -2.12. The summed E-state index contributed by atoms with van der Waals surface area (Å²) in [6.45, 7) is 5.81. The summed E-state index contributed by atoms with van der Waals surface area (Å²) in [7, 11) is 0. The van der Waals surface area contributed by atoms with Gasteiger partial charge in [-0.2, -0.15) is 0 Å². The zero-order valence-electron chi connectivity index (χ0n) is 14.6. The highest BCUT2D eigenvalue weighted by Crippen LogP contribution is 2.21. The van der Waals surface area contributed by atoms with Crippen LogP contribution in [0.4, 0.5) is 5.69 Å². The molecule has 1 aromatic carbocycles. The summed E-state index contributed by atoms with van der Waals surface area (Å²) < 4.78 is 4.29. The van der Waals surface area contributed by atoms with Gasteiger partial charge in [0.25, 0.3) is 0 Å². The Morgan fingerprint density at radius 2 is 1.85 bits per heavy atom. The summed E-state index contributed by atoms with van der Waals surface area (Å²) in [6.07, 6.45) is 2.70. The summed E-state index contributed by atoms with van der Waals surface area (Å²) in [6, 6.07) is 14.1. The smallest absolute Gasteiger partial charge is 0.350 e. The van der Waals surface area contributed by atoms with E-state index in [4.69, 9.17) is 0 Å². The van der Waals surface area contributed by atoms with Crippen molar-refractivity contribution < 1.29 is 0 Å². The molecule has 1 aliphatic rings. The first-order chi connectivity index (χ1) is 12.7. The van der Waals surface area contributed by atoms with E-state index >= 15 is 0 Å². The number of aromatic nitrogens is 3. The second kappa shape index (κ2) is 7.63. The van der Waals surface area contributed by atoms with Crippen molar-refractivity contribution in [3.05, 3.63) is 63.6 Å². The first-order valence-corrected chi connectivity index (χ1v) is 9.77. The SMILES string of the molecule is O=c1n(CCCN2CCN(c3cccc(Br)c3)CC2)nc2ccccn12. The van der Waals surface area contributed by atoms with E-state index in [0.29, 0.717) is 12.2 Å². The minimum absolute atomic E-state index is 0.0555. The molecule has 2 aromatic heterocycles. The summed E-state index contributed by atoms with van der Waals surface area (Å²) in [5.74, 6) is 0. The summed E-state index contributed by atoms with van der Waals surface area (Å²) in [5, 5.41) is 4.39. The van der Waals surface area contributed by atoms with Crippen molar-refractivity contribution in [2.75, 3.05) is 37.6 Å². The third-order valence-electron chi connectivity index (χ3n) is 4.88. The molecule has 4 rings (SSSR count). The van der Waals surface area contributed by atoms with Gasteiger partial charge in [0, 0.05) is 55.6 Å². The maximum Gasteiger partial charge on any atom is 0.350 e. The van der Waals surface area contributed by atoms with Crippen LogP contribution in [-0.4, -0.2) is 51.8 Å². The van der Waals surface area contributed by atoms with Crippen molar-refractivity contribution in [3.63, 3.8) is 0 Å².